The summed E-state index contributed by atoms with van der Waals surface area (Å²) >= 11 is 0. The highest BCUT2D eigenvalue weighted by molar-refractivity contribution is 5.75. The smallest absolute Gasteiger partial charge is 0.309 e. The minimum Gasteiger partial charge on any atom is -0.481 e. The summed E-state index contributed by atoms with van der Waals surface area (Å²) < 4.78 is 0. The number of aliphatic carboxylic acids is 1. The van der Waals surface area contributed by atoms with Crippen LogP contribution in [0.25, 0.3) is 0 Å². The maximum atomic E-state index is 12.0. The average molecular weight is 302 g/mol. The summed E-state index contributed by atoms with van der Waals surface area (Å²) in [5, 5.41) is 9.90. The molecule has 6 atom stereocenters. The third-order valence-electron chi connectivity index (χ3n) is 8.54. The van der Waals surface area contributed by atoms with Gasteiger partial charge in [0.2, 0.25) is 0 Å². The molecule has 122 valence electrons. The molecule has 4 aliphatic carbocycles. The topological polar surface area (TPSA) is 37.3 Å². The van der Waals surface area contributed by atoms with Crippen LogP contribution in [0.2, 0.25) is 0 Å². The predicted molar refractivity (Wildman–Crippen MR) is 87.4 cm³/mol. The predicted octanol–water partition coefficient (Wildman–Crippen LogP) is 5.04. The Kier molecular flexibility index (Phi) is 2.95. The first-order valence-corrected chi connectivity index (χ1v) is 9.23. The van der Waals surface area contributed by atoms with E-state index in [-0.39, 0.29) is 5.41 Å². The van der Waals surface area contributed by atoms with Crippen molar-refractivity contribution in [3.8, 4) is 0 Å². The molecule has 0 aliphatic heterocycles. The van der Waals surface area contributed by atoms with Gasteiger partial charge in [0, 0.05) is 0 Å². The third kappa shape index (κ3) is 1.65. The van der Waals surface area contributed by atoms with Gasteiger partial charge in [0.15, 0.2) is 0 Å². The van der Waals surface area contributed by atoms with Crippen LogP contribution in [0.5, 0.6) is 0 Å². The Balaban J connectivity index is 1.75. The van der Waals surface area contributed by atoms with E-state index in [1.165, 1.54) is 44.1 Å². The van der Waals surface area contributed by atoms with Gasteiger partial charge in [0.25, 0.3) is 0 Å². The maximum Gasteiger partial charge on any atom is 0.309 e. The van der Waals surface area contributed by atoms with Crippen molar-refractivity contribution in [1.29, 1.82) is 0 Å². The SMILES string of the molecule is C=C1C[C@@]23CC[C@H]4[C@@](C)(CCC[C@@]4(C)C(=O)O)[C@@H]2CC[C@H]1C3. The molecule has 2 bridgehead atoms. The van der Waals surface area contributed by atoms with Crippen molar-refractivity contribution in [2.75, 3.05) is 0 Å². The van der Waals surface area contributed by atoms with Crippen molar-refractivity contribution >= 4 is 5.97 Å². The van der Waals surface area contributed by atoms with Crippen LogP contribution in [0.1, 0.15) is 71.6 Å². The van der Waals surface area contributed by atoms with Gasteiger partial charge in [0.1, 0.15) is 0 Å². The van der Waals surface area contributed by atoms with E-state index in [9.17, 15) is 9.90 Å². The molecule has 0 amide bonds. The van der Waals surface area contributed by atoms with Crippen LogP contribution in [0, 0.1) is 34.0 Å². The number of hydrogen-bond donors (Lipinski definition) is 1. The zero-order valence-electron chi connectivity index (χ0n) is 14.2. The molecule has 1 spiro atoms. The van der Waals surface area contributed by atoms with E-state index < -0.39 is 11.4 Å². The van der Waals surface area contributed by atoms with Crippen molar-refractivity contribution in [1.82, 2.24) is 0 Å². The summed E-state index contributed by atoms with van der Waals surface area (Å²) in [4.78, 5) is 12.0. The molecule has 0 heterocycles. The number of carboxylic acid groups (broad SMARTS) is 1. The van der Waals surface area contributed by atoms with Crippen LogP contribution in [0.3, 0.4) is 0 Å². The Morgan fingerprint density at radius 2 is 1.91 bits per heavy atom. The number of hydrogen-bond acceptors (Lipinski definition) is 1. The first-order valence-electron chi connectivity index (χ1n) is 9.23. The number of fused-ring (bicyclic) bond motifs is 3. The summed E-state index contributed by atoms with van der Waals surface area (Å²) in [5.41, 5.74) is 1.71. The van der Waals surface area contributed by atoms with Gasteiger partial charge in [-0.15, -0.1) is 0 Å². The molecular weight excluding hydrogens is 272 g/mol. The minimum absolute atomic E-state index is 0.235. The molecule has 0 radical (unpaired) electrons. The standard InChI is InChI=1S/C20H30O2/c1-13-11-20-10-7-15-18(2,16(20)6-5-14(13)12-20)8-4-9-19(15,3)17(21)22/h14-16H,1,4-12H2,2-3H3,(H,21,22)/t14-,15-,16-,18+,19+,20+/m0/s1. The normalized spacial score (nSPS) is 53.7. The second-order valence-corrected chi connectivity index (χ2v) is 9.40. The molecule has 0 unspecified atom stereocenters. The Hall–Kier alpha value is -0.790. The zero-order valence-corrected chi connectivity index (χ0v) is 14.2. The van der Waals surface area contributed by atoms with Crippen molar-refractivity contribution < 1.29 is 9.90 Å². The van der Waals surface area contributed by atoms with Crippen molar-refractivity contribution in [2.24, 2.45) is 34.0 Å². The van der Waals surface area contributed by atoms with Crippen molar-refractivity contribution in [2.45, 2.75) is 71.6 Å². The minimum atomic E-state index is -0.552. The first kappa shape index (κ1) is 14.8. The van der Waals surface area contributed by atoms with Crippen LogP contribution in [-0.2, 0) is 4.79 Å². The van der Waals surface area contributed by atoms with Gasteiger partial charge >= 0.3 is 5.97 Å². The molecule has 0 aromatic carbocycles. The Labute approximate surface area is 134 Å². The molecule has 0 saturated heterocycles. The van der Waals surface area contributed by atoms with Gasteiger partial charge in [0.05, 0.1) is 5.41 Å². The lowest BCUT2D eigenvalue weighted by molar-refractivity contribution is -0.181. The number of carbonyl (C=O) groups is 1. The van der Waals surface area contributed by atoms with E-state index in [2.05, 4.69) is 13.5 Å². The molecule has 4 fully saturated rings. The molecule has 4 rings (SSSR count). The summed E-state index contributed by atoms with van der Waals surface area (Å²) in [6.45, 7) is 8.86. The van der Waals surface area contributed by atoms with Gasteiger partial charge in [-0.3, -0.25) is 4.79 Å². The number of rotatable bonds is 1. The quantitative estimate of drug-likeness (QED) is 0.689. The van der Waals surface area contributed by atoms with E-state index in [1.807, 2.05) is 6.92 Å². The van der Waals surface area contributed by atoms with Gasteiger partial charge in [-0.25, -0.2) is 0 Å². The van der Waals surface area contributed by atoms with Gasteiger partial charge in [-0.05, 0) is 86.9 Å². The number of allylic oxidation sites excluding steroid dienone is 1. The van der Waals surface area contributed by atoms with Crippen LogP contribution in [-0.4, -0.2) is 11.1 Å². The molecule has 4 saturated carbocycles. The second-order valence-electron chi connectivity index (χ2n) is 9.40. The fourth-order valence-electron chi connectivity index (χ4n) is 7.61. The highest BCUT2D eigenvalue weighted by atomic mass is 16.4. The fraction of sp³-hybridized carbons (Fsp3) is 0.850. The highest BCUT2D eigenvalue weighted by Crippen LogP contribution is 2.72. The van der Waals surface area contributed by atoms with E-state index >= 15 is 0 Å². The zero-order chi connectivity index (χ0) is 15.8. The van der Waals surface area contributed by atoms with Gasteiger partial charge < -0.3 is 5.11 Å². The largest absolute Gasteiger partial charge is 0.481 e. The first-order chi connectivity index (χ1) is 10.3. The molecule has 2 nitrogen and oxygen atoms in total. The van der Waals surface area contributed by atoms with E-state index in [4.69, 9.17) is 0 Å². The second kappa shape index (κ2) is 4.39. The molecule has 4 aliphatic rings. The highest BCUT2D eigenvalue weighted by Gasteiger charge is 2.64. The maximum absolute atomic E-state index is 12.0. The third-order valence-corrected chi connectivity index (χ3v) is 8.54. The Bertz CT molecular complexity index is 538. The van der Waals surface area contributed by atoms with Crippen molar-refractivity contribution in [3.63, 3.8) is 0 Å². The van der Waals surface area contributed by atoms with E-state index in [1.54, 1.807) is 0 Å². The van der Waals surface area contributed by atoms with Crippen LogP contribution < -0.4 is 0 Å². The van der Waals surface area contributed by atoms with Crippen molar-refractivity contribution in [3.05, 3.63) is 12.2 Å². The Morgan fingerprint density at radius 1 is 1.14 bits per heavy atom. The Morgan fingerprint density at radius 3 is 2.64 bits per heavy atom. The summed E-state index contributed by atoms with van der Waals surface area (Å²) in [7, 11) is 0. The lowest BCUT2D eigenvalue weighted by Crippen LogP contribution is -2.58. The molecule has 0 aromatic heterocycles. The molecule has 22 heavy (non-hydrogen) atoms. The monoisotopic (exact) mass is 302 g/mol. The molecule has 1 N–H and O–H groups in total. The van der Waals surface area contributed by atoms with Crippen LogP contribution in [0.15, 0.2) is 12.2 Å². The molecular formula is C20H30O2. The van der Waals surface area contributed by atoms with Gasteiger partial charge in [-0.1, -0.05) is 25.5 Å². The lowest BCUT2D eigenvalue weighted by Gasteiger charge is -2.63. The van der Waals surface area contributed by atoms with Crippen LogP contribution >= 0.6 is 0 Å². The molecule has 2 heteroatoms. The summed E-state index contributed by atoms with van der Waals surface area (Å²) in [6.07, 6.45) is 10.8. The molecule has 0 aromatic rings. The summed E-state index contributed by atoms with van der Waals surface area (Å²) in [6, 6.07) is 0. The summed E-state index contributed by atoms with van der Waals surface area (Å²) in [5.74, 6) is 1.32. The fourth-order valence-corrected chi connectivity index (χ4v) is 7.61. The van der Waals surface area contributed by atoms with E-state index in [0.717, 1.165) is 31.1 Å². The lowest BCUT2D eigenvalue weighted by atomic mass is 9.41. The van der Waals surface area contributed by atoms with Crippen LogP contribution in [0.4, 0.5) is 0 Å². The van der Waals surface area contributed by atoms with E-state index in [0.29, 0.717) is 11.3 Å². The average Bonchev–Trinajstić information content (AvgIpc) is 2.68. The van der Waals surface area contributed by atoms with Gasteiger partial charge in [-0.2, -0.15) is 0 Å². The number of carboxylic acids is 1.